The Morgan fingerprint density at radius 1 is 1.05 bits per heavy atom. The first-order chi connectivity index (χ1) is 17.9. The van der Waals surface area contributed by atoms with E-state index in [0.29, 0.717) is 23.6 Å². The second-order valence-corrected chi connectivity index (χ2v) is 11.5. The maximum Gasteiger partial charge on any atom is 0.243 e. The summed E-state index contributed by atoms with van der Waals surface area (Å²) in [4.78, 5) is 28.0. The largest absolute Gasteiger partial charge is 0.497 e. The Kier molecular flexibility index (Phi) is 11.7. The van der Waals surface area contributed by atoms with Crippen LogP contribution in [-0.2, 0) is 26.2 Å². The number of carbonyl (C=O) groups excluding carboxylic acids is 2. The molecule has 0 heterocycles. The highest BCUT2D eigenvalue weighted by atomic mass is 35.5. The van der Waals surface area contributed by atoms with E-state index in [-0.39, 0.29) is 48.8 Å². The van der Waals surface area contributed by atoms with Crippen molar-refractivity contribution in [2.75, 3.05) is 31.3 Å². The Hall–Kier alpha value is -2.98. The third-order valence-electron chi connectivity index (χ3n) is 5.90. The molecule has 1 unspecified atom stereocenters. The fourth-order valence-corrected chi connectivity index (χ4v) is 5.25. The molecular weight excluding hydrogens is 530 g/mol. The van der Waals surface area contributed by atoms with Crippen LogP contribution in [0, 0.1) is 0 Å². The van der Waals surface area contributed by atoms with Gasteiger partial charge < -0.3 is 19.7 Å². The van der Waals surface area contributed by atoms with E-state index in [1.165, 1.54) is 17.5 Å². The summed E-state index contributed by atoms with van der Waals surface area (Å²) in [6.07, 6.45) is 1.83. The van der Waals surface area contributed by atoms with Crippen molar-refractivity contribution in [2.45, 2.75) is 58.7 Å². The molecule has 0 aromatic heterocycles. The monoisotopic (exact) mass is 567 g/mol. The molecule has 210 valence electrons. The van der Waals surface area contributed by atoms with Crippen molar-refractivity contribution in [2.24, 2.45) is 0 Å². The lowest BCUT2D eigenvalue weighted by atomic mass is 10.1. The number of amides is 2. The number of benzene rings is 2. The zero-order valence-electron chi connectivity index (χ0n) is 22.9. The minimum atomic E-state index is -3.64. The van der Waals surface area contributed by atoms with Crippen LogP contribution < -0.4 is 19.1 Å². The fourth-order valence-electron chi connectivity index (χ4n) is 4.04. The summed E-state index contributed by atoms with van der Waals surface area (Å²) in [7, 11) is -0.590. The van der Waals surface area contributed by atoms with Crippen molar-refractivity contribution in [1.29, 1.82) is 0 Å². The first-order valence-corrected chi connectivity index (χ1v) is 14.7. The molecule has 2 aromatic carbocycles. The van der Waals surface area contributed by atoms with Gasteiger partial charge in [0.25, 0.3) is 0 Å². The molecule has 38 heavy (non-hydrogen) atoms. The van der Waals surface area contributed by atoms with Crippen molar-refractivity contribution >= 4 is 39.1 Å². The molecule has 0 saturated heterocycles. The van der Waals surface area contributed by atoms with E-state index >= 15 is 0 Å². The molecule has 2 aromatic rings. The first-order valence-electron chi connectivity index (χ1n) is 12.4. The molecule has 0 saturated carbocycles. The highest BCUT2D eigenvalue weighted by Crippen LogP contribution is 2.30. The first kappa shape index (κ1) is 31.2. The number of rotatable bonds is 14. The number of methoxy groups -OCH3 is 2. The number of halogens is 1. The smallest absolute Gasteiger partial charge is 0.243 e. The van der Waals surface area contributed by atoms with Gasteiger partial charge in [-0.2, -0.15) is 0 Å². The molecule has 2 amide bonds. The lowest BCUT2D eigenvalue weighted by Gasteiger charge is -2.31. The topological polar surface area (TPSA) is 105 Å². The van der Waals surface area contributed by atoms with Crippen molar-refractivity contribution in [3.8, 4) is 11.5 Å². The van der Waals surface area contributed by atoms with Gasteiger partial charge in [0, 0.05) is 25.6 Å². The van der Waals surface area contributed by atoms with Gasteiger partial charge >= 0.3 is 0 Å². The van der Waals surface area contributed by atoms with Gasteiger partial charge in [-0.25, -0.2) is 8.42 Å². The average molecular weight is 568 g/mol. The summed E-state index contributed by atoms with van der Waals surface area (Å²) < 4.78 is 36.7. The Labute approximate surface area is 231 Å². The number of carbonyl (C=O) groups is 2. The Morgan fingerprint density at radius 2 is 1.71 bits per heavy atom. The number of anilines is 1. The lowest BCUT2D eigenvalue weighted by molar-refractivity contribution is -0.141. The third kappa shape index (κ3) is 8.80. The van der Waals surface area contributed by atoms with Crippen LogP contribution in [0.5, 0.6) is 11.5 Å². The summed E-state index contributed by atoms with van der Waals surface area (Å²) in [6, 6.07) is 11.3. The number of hydrogen-bond donors (Lipinski definition) is 1. The molecule has 0 radical (unpaired) electrons. The van der Waals surface area contributed by atoms with E-state index < -0.39 is 16.1 Å². The van der Waals surface area contributed by atoms with E-state index in [4.69, 9.17) is 21.1 Å². The van der Waals surface area contributed by atoms with E-state index in [2.05, 4.69) is 5.32 Å². The summed E-state index contributed by atoms with van der Waals surface area (Å²) in [5.74, 6) is 0.650. The van der Waals surface area contributed by atoms with Gasteiger partial charge in [0.2, 0.25) is 21.8 Å². The van der Waals surface area contributed by atoms with Crippen LogP contribution in [0.25, 0.3) is 0 Å². The normalized spacial score (nSPS) is 12.1. The SMILES string of the molecule is CCC(C(=O)NC(C)C)N(Cc1ccc(OC)cc1)C(=O)CCCN(c1ccc(OC)c(Cl)c1)S(C)(=O)=O. The number of nitrogens with zero attached hydrogens (tertiary/aromatic N) is 2. The van der Waals surface area contributed by atoms with E-state index in [9.17, 15) is 18.0 Å². The quantitative estimate of drug-likeness (QED) is 0.366. The molecule has 11 heteroatoms. The third-order valence-corrected chi connectivity index (χ3v) is 7.39. The van der Waals surface area contributed by atoms with Gasteiger partial charge in [-0.15, -0.1) is 0 Å². The molecule has 0 spiro atoms. The standard InChI is InChI=1S/C27H38ClN3O6S/c1-7-24(27(33)29-19(2)3)30(18-20-10-13-22(36-4)14-11-20)26(32)9-8-16-31(38(6,34)35)21-12-15-25(37-5)23(28)17-21/h10-15,17,19,24H,7-9,16,18H2,1-6H3,(H,29,33). The Bertz CT molecular complexity index is 1190. The number of sulfonamides is 1. The van der Waals surface area contributed by atoms with Gasteiger partial charge in [-0.1, -0.05) is 30.7 Å². The fraction of sp³-hybridized carbons (Fsp3) is 0.481. The molecular formula is C27H38ClN3O6S. The molecule has 9 nitrogen and oxygen atoms in total. The van der Waals surface area contributed by atoms with E-state index in [0.717, 1.165) is 11.8 Å². The maximum absolute atomic E-state index is 13.5. The molecule has 0 fully saturated rings. The highest BCUT2D eigenvalue weighted by Gasteiger charge is 2.29. The van der Waals surface area contributed by atoms with Gasteiger partial charge in [0.15, 0.2) is 0 Å². The van der Waals surface area contributed by atoms with Crippen LogP contribution >= 0.6 is 11.6 Å². The molecule has 0 aliphatic carbocycles. The summed E-state index contributed by atoms with van der Waals surface area (Å²) in [5, 5.41) is 3.18. The van der Waals surface area contributed by atoms with Gasteiger partial charge in [-0.05, 0) is 62.6 Å². The second kappa shape index (κ2) is 14.2. The molecule has 0 bridgehead atoms. The second-order valence-electron chi connectivity index (χ2n) is 9.21. The van der Waals surface area contributed by atoms with Crippen LogP contribution in [0.1, 0.15) is 45.6 Å². The molecule has 0 aliphatic rings. The van der Waals surface area contributed by atoms with E-state index in [1.54, 1.807) is 36.3 Å². The van der Waals surface area contributed by atoms with Crippen LogP contribution in [0.2, 0.25) is 5.02 Å². The molecule has 1 atom stereocenters. The minimum absolute atomic E-state index is 0.0531. The van der Waals surface area contributed by atoms with Gasteiger partial charge in [0.05, 0.1) is 31.2 Å². The number of nitrogens with one attached hydrogen (secondary N) is 1. The summed E-state index contributed by atoms with van der Waals surface area (Å²) in [6.45, 7) is 5.89. The summed E-state index contributed by atoms with van der Waals surface area (Å²) in [5.41, 5.74) is 1.23. The molecule has 1 N–H and O–H groups in total. The highest BCUT2D eigenvalue weighted by molar-refractivity contribution is 7.92. The van der Waals surface area contributed by atoms with Crippen molar-refractivity contribution < 1.29 is 27.5 Å². The zero-order chi connectivity index (χ0) is 28.5. The number of hydrogen-bond acceptors (Lipinski definition) is 6. The zero-order valence-corrected chi connectivity index (χ0v) is 24.4. The average Bonchev–Trinajstić information content (AvgIpc) is 2.85. The predicted octanol–water partition coefficient (Wildman–Crippen LogP) is 4.24. The van der Waals surface area contributed by atoms with Gasteiger partial charge in [-0.3, -0.25) is 13.9 Å². The summed E-state index contributed by atoms with van der Waals surface area (Å²) >= 11 is 6.21. The minimum Gasteiger partial charge on any atom is -0.497 e. The lowest BCUT2D eigenvalue weighted by Crippen LogP contribution is -2.50. The maximum atomic E-state index is 13.5. The predicted molar refractivity (Wildman–Crippen MR) is 150 cm³/mol. The van der Waals surface area contributed by atoms with Crippen LogP contribution in [0.4, 0.5) is 5.69 Å². The van der Waals surface area contributed by atoms with Crippen LogP contribution in [0.15, 0.2) is 42.5 Å². The Morgan fingerprint density at radius 3 is 2.21 bits per heavy atom. The van der Waals surface area contributed by atoms with Crippen molar-refractivity contribution in [3.05, 3.63) is 53.1 Å². The van der Waals surface area contributed by atoms with Crippen LogP contribution in [0.3, 0.4) is 0 Å². The number of ether oxygens (including phenoxy) is 2. The van der Waals surface area contributed by atoms with Crippen LogP contribution in [-0.4, -0.2) is 64.2 Å². The van der Waals surface area contributed by atoms with Gasteiger partial charge in [0.1, 0.15) is 17.5 Å². The van der Waals surface area contributed by atoms with Crippen molar-refractivity contribution in [3.63, 3.8) is 0 Å². The van der Waals surface area contributed by atoms with Crippen molar-refractivity contribution in [1.82, 2.24) is 10.2 Å². The Balaban J connectivity index is 2.24. The molecule has 0 aliphatic heterocycles. The molecule has 2 rings (SSSR count). The van der Waals surface area contributed by atoms with E-state index in [1.807, 2.05) is 32.9 Å².